The molecule has 1 aliphatic rings. The van der Waals surface area contributed by atoms with Crippen LogP contribution in [0.25, 0.3) is 0 Å². The van der Waals surface area contributed by atoms with Gasteiger partial charge in [-0.25, -0.2) is 4.79 Å². The maximum atomic E-state index is 12.1. The smallest absolute Gasteiger partial charge is 0.325 e. The molecule has 2 rings (SSSR count). The summed E-state index contributed by atoms with van der Waals surface area (Å²) in [5.41, 5.74) is 0.965. The van der Waals surface area contributed by atoms with E-state index in [1.165, 1.54) is 0 Å². The summed E-state index contributed by atoms with van der Waals surface area (Å²) < 4.78 is 10.5. The van der Waals surface area contributed by atoms with Crippen LogP contribution in [0.1, 0.15) is 18.6 Å². The predicted molar refractivity (Wildman–Crippen MR) is 81.7 cm³/mol. The summed E-state index contributed by atoms with van der Waals surface area (Å²) in [4.78, 5) is 25.0. The minimum atomic E-state index is -0.446. The molecular formula is C15H19ClN2O4. The highest BCUT2D eigenvalue weighted by molar-refractivity contribution is 6.30. The largest absolute Gasteiger partial charge is 0.465 e. The Morgan fingerprint density at radius 1 is 1.41 bits per heavy atom. The Bertz CT molecular complexity index is 521. The van der Waals surface area contributed by atoms with Gasteiger partial charge in [0.05, 0.1) is 19.8 Å². The highest BCUT2D eigenvalue weighted by Crippen LogP contribution is 2.23. The van der Waals surface area contributed by atoms with Crippen molar-refractivity contribution in [3.63, 3.8) is 0 Å². The highest BCUT2D eigenvalue weighted by atomic mass is 35.5. The summed E-state index contributed by atoms with van der Waals surface area (Å²) in [6.07, 6.45) is -0.195. The van der Waals surface area contributed by atoms with Gasteiger partial charge in [-0.15, -0.1) is 0 Å². The number of esters is 1. The van der Waals surface area contributed by atoms with Crippen LogP contribution in [0.3, 0.4) is 0 Å². The molecule has 1 N–H and O–H groups in total. The Morgan fingerprint density at radius 2 is 2.14 bits per heavy atom. The minimum absolute atomic E-state index is 0.129. The van der Waals surface area contributed by atoms with E-state index in [-0.39, 0.29) is 18.7 Å². The standard InChI is InChI=1S/C15H19ClN2O4/c1-2-21-14(19)9-17-15(20)18-7-8-22-13(10-18)11-3-5-12(16)6-4-11/h3-6,13H,2,7-10H2,1H3,(H,17,20)/t13-/m0/s1. The summed E-state index contributed by atoms with van der Waals surface area (Å²) in [6, 6.07) is 7.05. The van der Waals surface area contributed by atoms with Gasteiger partial charge in [0.15, 0.2) is 0 Å². The summed E-state index contributed by atoms with van der Waals surface area (Å²) in [6.45, 7) is 3.24. The summed E-state index contributed by atoms with van der Waals surface area (Å²) in [5, 5.41) is 3.21. The lowest BCUT2D eigenvalue weighted by molar-refractivity contribution is -0.141. The first-order valence-corrected chi connectivity index (χ1v) is 7.53. The highest BCUT2D eigenvalue weighted by Gasteiger charge is 2.25. The minimum Gasteiger partial charge on any atom is -0.465 e. The molecule has 1 fully saturated rings. The van der Waals surface area contributed by atoms with Crippen LogP contribution in [0, 0.1) is 0 Å². The van der Waals surface area contributed by atoms with E-state index < -0.39 is 5.97 Å². The van der Waals surface area contributed by atoms with E-state index in [2.05, 4.69) is 5.32 Å². The predicted octanol–water partition coefficient (Wildman–Crippen LogP) is 1.99. The van der Waals surface area contributed by atoms with E-state index in [1.807, 2.05) is 12.1 Å². The van der Waals surface area contributed by atoms with E-state index in [0.29, 0.717) is 31.3 Å². The third kappa shape index (κ3) is 4.61. The lowest BCUT2D eigenvalue weighted by atomic mass is 10.1. The van der Waals surface area contributed by atoms with Gasteiger partial charge in [-0.3, -0.25) is 4.79 Å². The van der Waals surface area contributed by atoms with E-state index in [0.717, 1.165) is 5.56 Å². The van der Waals surface area contributed by atoms with Gasteiger partial charge in [-0.05, 0) is 24.6 Å². The van der Waals surface area contributed by atoms with Crippen molar-refractivity contribution < 1.29 is 19.1 Å². The maximum absolute atomic E-state index is 12.1. The number of halogens is 1. The van der Waals surface area contributed by atoms with Gasteiger partial charge >= 0.3 is 12.0 Å². The molecule has 120 valence electrons. The van der Waals surface area contributed by atoms with Crippen LogP contribution in [0.15, 0.2) is 24.3 Å². The number of amides is 2. The number of urea groups is 1. The number of nitrogens with zero attached hydrogens (tertiary/aromatic N) is 1. The topological polar surface area (TPSA) is 67.9 Å². The lowest BCUT2D eigenvalue weighted by Crippen LogP contribution is -2.48. The van der Waals surface area contributed by atoms with Crippen molar-refractivity contribution in [2.75, 3.05) is 32.8 Å². The van der Waals surface area contributed by atoms with Crippen LogP contribution in [-0.4, -0.2) is 49.7 Å². The number of hydrogen-bond acceptors (Lipinski definition) is 4. The normalized spacial score (nSPS) is 17.9. The number of nitrogens with one attached hydrogen (secondary N) is 1. The molecule has 7 heteroatoms. The summed E-state index contributed by atoms with van der Waals surface area (Å²) in [5.74, 6) is -0.446. The van der Waals surface area contributed by atoms with Gasteiger partial charge < -0.3 is 19.7 Å². The molecular weight excluding hydrogens is 308 g/mol. The molecule has 0 unspecified atom stereocenters. The first-order valence-electron chi connectivity index (χ1n) is 7.15. The first kappa shape index (κ1) is 16.6. The van der Waals surface area contributed by atoms with E-state index in [1.54, 1.807) is 24.0 Å². The number of morpholine rings is 1. The molecule has 1 atom stereocenters. The summed E-state index contributed by atoms with van der Waals surface area (Å²) in [7, 11) is 0. The van der Waals surface area contributed by atoms with Crippen LogP contribution in [-0.2, 0) is 14.3 Å². The Kier molecular flexibility index (Phi) is 6.03. The van der Waals surface area contributed by atoms with Crippen molar-refractivity contribution in [1.29, 1.82) is 0 Å². The maximum Gasteiger partial charge on any atom is 0.325 e. The van der Waals surface area contributed by atoms with E-state index >= 15 is 0 Å². The Morgan fingerprint density at radius 3 is 2.82 bits per heavy atom. The molecule has 6 nitrogen and oxygen atoms in total. The zero-order chi connectivity index (χ0) is 15.9. The van der Waals surface area contributed by atoms with Gasteiger partial charge in [0.25, 0.3) is 0 Å². The number of benzene rings is 1. The molecule has 1 heterocycles. The van der Waals surface area contributed by atoms with Crippen LogP contribution >= 0.6 is 11.6 Å². The number of carbonyl (C=O) groups excluding carboxylic acids is 2. The number of ether oxygens (including phenoxy) is 2. The van der Waals surface area contributed by atoms with Gasteiger partial charge in [-0.2, -0.15) is 0 Å². The van der Waals surface area contributed by atoms with Gasteiger partial charge in [-0.1, -0.05) is 23.7 Å². The number of hydrogen-bond donors (Lipinski definition) is 1. The second-order valence-corrected chi connectivity index (χ2v) is 5.26. The number of carbonyl (C=O) groups is 2. The molecule has 2 amide bonds. The second kappa shape index (κ2) is 8.00. The average Bonchev–Trinajstić information content (AvgIpc) is 2.54. The Hall–Kier alpha value is -1.79. The zero-order valence-electron chi connectivity index (χ0n) is 12.4. The van der Waals surface area contributed by atoms with Crippen molar-refractivity contribution in [2.45, 2.75) is 13.0 Å². The Labute approximate surface area is 134 Å². The molecule has 0 aliphatic carbocycles. The number of rotatable bonds is 4. The molecule has 0 aromatic heterocycles. The SMILES string of the molecule is CCOC(=O)CNC(=O)N1CCO[C@H](c2ccc(Cl)cc2)C1. The fourth-order valence-electron chi connectivity index (χ4n) is 2.18. The first-order chi connectivity index (χ1) is 10.6. The van der Waals surface area contributed by atoms with Crippen molar-refractivity contribution >= 4 is 23.6 Å². The van der Waals surface area contributed by atoms with E-state index in [4.69, 9.17) is 21.1 Å². The van der Waals surface area contributed by atoms with Crippen molar-refractivity contribution in [1.82, 2.24) is 10.2 Å². The third-order valence-corrected chi connectivity index (χ3v) is 3.54. The fraction of sp³-hybridized carbons (Fsp3) is 0.467. The molecule has 1 aromatic rings. The molecule has 0 radical (unpaired) electrons. The molecule has 0 spiro atoms. The molecule has 1 aromatic carbocycles. The van der Waals surface area contributed by atoms with Crippen molar-refractivity contribution in [2.24, 2.45) is 0 Å². The van der Waals surface area contributed by atoms with Crippen LogP contribution in [0.5, 0.6) is 0 Å². The molecule has 0 bridgehead atoms. The molecule has 22 heavy (non-hydrogen) atoms. The molecule has 1 aliphatic heterocycles. The summed E-state index contributed by atoms with van der Waals surface area (Å²) >= 11 is 5.87. The monoisotopic (exact) mass is 326 g/mol. The van der Waals surface area contributed by atoms with Crippen LogP contribution in [0.4, 0.5) is 4.79 Å². The zero-order valence-corrected chi connectivity index (χ0v) is 13.1. The molecule has 0 saturated carbocycles. The fourth-order valence-corrected chi connectivity index (χ4v) is 2.31. The lowest BCUT2D eigenvalue weighted by Gasteiger charge is -2.33. The van der Waals surface area contributed by atoms with Gasteiger partial charge in [0.1, 0.15) is 12.6 Å². The third-order valence-electron chi connectivity index (χ3n) is 3.28. The quantitative estimate of drug-likeness (QED) is 0.859. The van der Waals surface area contributed by atoms with Crippen LogP contribution in [0.2, 0.25) is 5.02 Å². The Balaban J connectivity index is 1.88. The van der Waals surface area contributed by atoms with Crippen molar-refractivity contribution in [3.8, 4) is 0 Å². The van der Waals surface area contributed by atoms with E-state index in [9.17, 15) is 9.59 Å². The van der Waals surface area contributed by atoms with Gasteiger partial charge in [0, 0.05) is 11.6 Å². The molecule has 1 saturated heterocycles. The van der Waals surface area contributed by atoms with Crippen molar-refractivity contribution in [3.05, 3.63) is 34.9 Å². The van der Waals surface area contributed by atoms with Gasteiger partial charge in [0.2, 0.25) is 0 Å². The van der Waals surface area contributed by atoms with Crippen LogP contribution < -0.4 is 5.32 Å². The second-order valence-electron chi connectivity index (χ2n) is 4.82. The average molecular weight is 327 g/mol.